The molecular formula is C31H56N2O2S2+2. The standard InChI is InChI=1S/C31H56N2O2S2/c1-7-12-20-32(10-4,19-9-3)24-26-37-31(35)30-18-14-16-29(27-30)17-15-22-33(11-5,21-13-8-2)23-25-36-28(6)34/h14,16,18,27H,7-13,15,17,19-26H2,1-6H3/q+2. The van der Waals surface area contributed by atoms with Crippen molar-refractivity contribution in [3.05, 3.63) is 35.4 Å². The van der Waals surface area contributed by atoms with Crippen molar-refractivity contribution >= 4 is 33.8 Å². The molecule has 4 nitrogen and oxygen atoms in total. The van der Waals surface area contributed by atoms with E-state index in [1.807, 2.05) is 6.07 Å². The fourth-order valence-electron chi connectivity index (χ4n) is 5.35. The van der Waals surface area contributed by atoms with Crippen molar-refractivity contribution in [2.24, 2.45) is 0 Å². The van der Waals surface area contributed by atoms with Crippen LogP contribution in [0.15, 0.2) is 24.3 Å². The Morgan fingerprint density at radius 3 is 1.81 bits per heavy atom. The molecule has 0 aliphatic carbocycles. The largest absolute Gasteiger partial charge is 0.323 e. The number of aryl methyl sites for hydroxylation is 1. The zero-order valence-electron chi connectivity index (χ0n) is 24.9. The number of nitrogens with zero attached hydrogens (tertiary/aromatic N) is 2. The van der Waals surface area contributed by atoms with Gasteiger partial charge < -0.3 is 8.97 Å². The normalized spacial score (nSPS) is 14.8. The number of rotatable bonds is 21. The van der Waals surface area contributed by atoms with Crippen LogP contribution in [0.2, 0.25) is 0 Å². The molecule has 0 aromatic heterocycles. The van der Waals surface area contributed by atoms with Crippen LogP contribution in [0.4, 0.5) is 0 Å². The molecule has 37 heavy (non-hydrogen) atoms. The highest BCUT2D eigenvalue weighted by Crippen LogP contribution is 2.20. The predicted molar refractivity (Wildman–Crippen MR) is 166 cm³/mol. The van der Waals surface area contributed by atoms with Gasteiger partial charge in [-0.3, -0.25) is 9.59 Å². The smallest absolute Gasteiger partial charge is 0.219 e. The first-order valence-electron chi connectivity index (χ1n) is 14.9. The van der Waals surface area contributed by atoms with Crippen LogP contribution in [0.1, 0.15) is 96.0 Å². The third kappa shape index (κ3) is 13.2. The third-order valence-corrected chi connectivity index (χ3v) is 9.62. The minimum absolute atomic E-state index is 0.214. The van der Waals surface area contributed by atoms with E-state index < -0.39 is 0 Å². The van der Waals surface area contributed by atoms with Crippen LogP contribution in [0, 0.1) is 0 Å². The number of carbonyl (C=O) groups is 2. The summed E-state index contributed by atoms with van der Waals surface area (Å²) in [5.41, 5.74) is 2.11. The van der Waals surface area contributed by atoms with Crippen LogP contribution in [0.25, 0.3) is 0 Å². The quantitative estimate of drug-likeness (QED) is 0.148. The van der Waals surface area contributed by atoms with E-state index in [1.165, 1.54) is 80.8 Å². The molecule has 1 rings (SSSR count). The number of quaternary nitrogens is 2. The summed E-state index contributed by atoms with van der Waals surface area (Å²) in [6.07, 6.45) is 8.24. The number of hydrogen-bond donors (Lipinski definition) is 0. The van der Waals surface area contributed by atoms with Crippen molar-refractivity contribution < 1.29 is 18.6 Å². The fourth-order valence-corrected chi connectivity index (χ4v) is 7.08. The summed E-state index contributed by atoms with van der Waals surface area (Å²) in [5, 5.41) is 0.431. The molecule has 6 heteroatoms. The van der Waals surface area contributed by atoms with Gasteiger partial charge in [0.25, 0.3) is 0 Å². The molecule has 0 saturated heterocycles. The molecule has 0 spiro atoms. The molecule has 0 aliphatic heterocycles. The molecule has 0 amide bonds. The Hall–Kier alpha value is -0.820. The van der Waals surface area contributed by atoms with Crippen LogP contribution in [-0.4, -0.2) is 83.1 Å². The molecule has 1 aromatic carbocycles. The summed E-state index contributed by atoms with van der Waals surface area (Å²) < 4.78 is 2.24. The minimum atomic E-state index is 0.214. The first-order valence-corrected chi connectivity index (χ1v) is 16.9. The van der Waals surface area contributed by atoms with Gasteiger partial charge in [0.05, 0.1) is 63.9 Å². The van der Waals surface area contributed by atoms with Crippen molar-refractivity contribution in [2.45, 2.75) is 86.5 Å². The maximum Gasteiger partial charge on any atom is 0.219 e. The summed E-state index contributed by atoms with van der Waals surface area (Å²) in [6.45, 7) is 22.2. The van der Waals surface area contributed by atoms with Crippen molar-refractivity contribution in [3.63, 3.8) is 0 Å². The van der Waals surface area contributed by atoms with Gasteiger partial charge in [-0.05, 0) is 51.2 Å². The van der Waals surface area contributed by atoms with Crippen LogP contribution in [-0.2, 0) is 11.2 Å². The summed E-state index contributed by atoms with van der Waals surface area (Å²) in [6, 6.07) is 8.33. The summed E-state index contributed by atoms with van der Waals surface area (Å²) in [5.74, 6) is 1.80. The molecule has 0 radical (unpaired) electrons. The summed E-state index contributed by atoms with van der Waals surface area (Å²) >= 11 is 2.97. The second-order valence-corrected chi connectivity index (χ2v) is 13.0. The predicted octanol–water partition coefficient (Wildman–Crippen LogP) is 7.46. The highest BCUT2D eigenvalue weighted by molar-refractivity contribution is 8.14. The van der Waals surface area contributed by atoms with Gasteiger partial charge in [-0.1, -0.05) is 75.3 Å². The van der Waals surface area contributed by atoms with E-state index in [0.717, 1.165) is 71.6 Å². The van der Waals surface area contributed by atoms with E-state index >= 15 is 0 Å². The Balaban J connectivity index is 2.70. The SMILES string of the molecule is CCCC[N+](CC)(CCCc1cccc(C(=O)SCC[N+](CC)(CCC)CCCC)c1)CCSC(C)=O. The van der Waals surface area contributed by atoms with Gasteiger partial charge in [0, 0.05) is 18.9 Å². The van der Waals surface area contributed by atoms with Crippen molar-refractivity contribution in [2.75, 3.05) is 63.9 Å². The van der Waals surface area contributed by atoms with E-state index in [1.54, 1.807) is 6.92 Å². The summed E-state index contributed by atoms with van der Waals surface area (Å²) in [4.78, 5) is 24.5. The molecule has 2 unspecified atom stereocenters. The van der Waals surface area contributed by atoms with Gasteiger partial charge in [-0.15, -0.1) is 0 Å². The lowest BCUT2D eigenvalue weighted by Crippen LogP contribution is -2.50. The molecule has 212 valence electrons. The first kappa shape index (κ1) is 34.2. The van der Waals surface area contributed by atoms with E-state index in [-0.39, 0.29) is 10.2 Å². The molecule has 0 heterocycles. The van der Waals surface area contributed by atoms with E-state index in [0.29, 0.717) is 0 Å². The first-order chi connectivity index (χ1) is 17.8. The van der Waals surface area contributed by atoms with Crippen LogP contribution >= 0.6 is 23.5 Å². The van der Waals surface area contributed by atoms with Crippen LogP contribution in [0.3, 0.4) is 0 Å². The minimum Gasteiger partial charge on any atom is -0.323 e. The maximum atomic E-state index is 13.0. The Morgan fingerprint density at radius 2 is 1.27 bits per heavy atom. The molecular weight excluding hydrogens is 496 g/mol. The van der Waals surface area contributed by atoms with Crippen LogP contribution in [0.5, 0.6) is 0 Å². The molecule has 0 aliphatic rings. The lowest BCUT2D eigenvalue weighted by molar-refractivity contribution is -0.924. The zero-order valence-corrected chi connectivity index (χ0v) is 26.5. The molecule has 1 aromatic rings. The van der Waals surface area contributed by atoms with E-state index in [2.05, 4.69) is 52.8 Å². The van der Waals surface area contributed by atoms with Crippen molar-refractivity contribution in [1.82, 2.24) is 0 Å². The Labute approximate surface area is 237 Å². The van der Waals surface area contributed by atoms with E-state index in [4.69, 9.17) is 0 Å². The Bertz CT molecular complexity index is 788. The lowest BCUT2D eigenvalue weighted by Gasteiger charge is -2.38. The molecule has 0 fully saturated rings. The highest BCUT2D eigenvalue weighted by atomic mass is 32.2. The number of unbranched alkanes of at least 4 members (excludes halogenated alkanes) is 2. The number of carbonyl (C=O) groups excluding carboxylic acids is 2. The third-order valence-electron chi connectivity index (χ3n) is 7.94. The van der Waals surface area contributed by atoms with E-state index in [9.17, 15) is 9.59 Å². The molecule has 0 bridgehead atoms. The van der Waals surface area contributed by atoms with Gasteiger partial charge in [0.2, 0.25) is 5.12 Å². The number of thioether (sulfide) groups is 2. The Kier molecular flexibility index (Phi) is 17.8. The number of benzene rings is 1. The van der Waals surface area contributed by atoms with Crippen molar-refractivity contribution in [3.8, 4) is 0 Å². The average Bonchev–Trinajstić information content (AvgIpc) is 2.90. The van der Waals surface area contributed by atoms with Gasteiger partial charge in [-0.2, -0.15) is 0 Å². The monoisotopic (exact) mass is 552 g/mol. The Morgan fingerprint density at radius 1 is 0.703 bits per heavy atom. The summed E-state index contributed by atoms with van der Waals surface area (Å²) in [7, 11) is 0. The second-order valence-electron chi connectivity index (χ2n) is 10.6. The molecule has 0 saturated carbocycles. The average molecular weight is 553 g/mol. The lowest BCUT2D eigenvalue weighted by atomic mass is 10.1. The van der Waals surface area contributed by atoms with Gasteiger partial charge in [-0.25, -0.2) is 0 Å². The van der Waals surface area contributed by atoms with Crippen LogP contribution < -0.4 is 0 Å². The van der Waals surface area contributed by atoms with Gasteiger partial charge in [0.1, 0.15) is 0 Å². The second kappa shape index (κ2) is 19.3. The molecule has 0 N–H and O–H groups in total. The van der Waals surface area contributed by atoms with Gasteiger partial charge in [0.15, 0.2) is 5.12 Å². The maximum absolute atomic E-state index is 13.0. The molecule has 2 atom stereocenters. The number of hydrogen-bond acceptors (Lipinski definition) is 4. The topological polar surface area (TPSA) is 34.1 Å². The van der Waals surface area contributed by atoms with Crippen molar-refractivity contribution in [1.29, 1.82) is 0 Å². The fraction of sp³-hybridized carbons (Fsp3) is 0.742. The van der Waals surface area contributed by atoms with Gasteiger partial charge >= 0.3 is 0 Å². The highest BCUT2D eigenvalue weighted by Gasteiger charge is 2.25. The zero-order chi connectivity index (χ0) is 27.6.